The minimum atomic E-state index is -0.0989. The van der Waals surface area contributed by atoms with E-state index in [-0.39, 0.29) is 12.0 Å². The minimum Gasteiger partial charge on any atom is -0.370 e. The molecule has 0 bridgehead atoms. The summed E-state index contributed by atoms with van der Waals surface area (Å²) >= 11 is 0. The molecule has 1 aliphatic rings. The Labute approximate surface area is 138 Å². The summed E-state index contributed by atoms with van der Waals surface area (Å²) in [5.41, 5.74) is 2.22. The van der Waals surface area contributed by atoms with Gasteiger partial charge in [0.05, 0.1) is 0 Å². The van der Waals surface area contributed by atoms with E-state index >= 15 is 0 Å². The highest BCUT2D eigenvalue weighted by molar-refractivity contribution is 5.90. The minimum absolute atomic E-state index is 0.0330. The first-order valence-electron chi connectivity index (χ1n) is 8.18. The van der Waals surface area contributed by atoms with Crippen molar-refractivity contribution in [3.8, 4) is 0 Å². The van der Waals surface area contributed by atoms with E-state index in [4.69, 9.17) is 4.74 Å². The Hall–Kier alpha value is -2.67. The van der Waals surface area contributed by atoms with Crippen LogP contribution >= 0.6 is 0 Å². The summed E-state index contributed by atoms with van der Waals surface area (Å²) in [5.74, 6) is 0.891. The van der Waals surface area contributed by atoms with Gasteiger partial charge in [0.2, 0.25) is 11.9 Å². The molecule has 7 nitrogen and oxygen atoms in total. The van der Waals surface area contributed by atoms with Crippen molar-refractivity contribution >= 4 is 22.8 Å². The number of fused-ring (bicyclic) bond motifs is 1. The number of amides is 1. The van der Waals surface area contributed by atoms with Crippen molar-refractivity contribution < 1.29 is 9.53 Å². The second-order valence-electron chi connectivity index (χ2n) is 5.95. The SMILES string of the molecule is O=C(CCc1c[nH]c2ccccc12)Nc1n[nH]c(C2CCCO2)n1. The lowest BCUT2D eigenvalue weighted by Gasteiger charge is -2.03. The van der Waals surface area contributed by atoms with Crippen molar-refractivity contribution in [1.29, 1.82) is 0 Å². The number of para-hydroxylation sites is 1. The van der Waals surface area contributed by atoms with E-state index in [1.54, 1.807) is 0 Å². The Morgan fingerprint density at radius 1 is 1.38 bits per heavy atom. The van der Waals surface area contributed by atoms with E-state index in [0.717, 1.165) is 35.9 Å². The van der Waals surface area contributed by atoms with Crippen LogP contribution in [-0.4, -0.2) is 32.7 Å². The molecule has 3 heterocycles. The first-order valence-corrected chi connectivity index (χ1v) is 8.18. The van der Waals surface area contributed by atoms with Crippen LogP contribution in [0.25, 0.3) is 10.9 Å². The fraction of sp³-hybridized carbons (Fsp3) is 0.353. The lowest BCUT2D eigenvalue weighted by atomic mass is 10.1. The molecule has 3 N–H and O–H groups in total. The van der Waals surface area contributed by atoms with E-state index in [2.05, 4.69) is 31.5 Å². The first-order chi connectivity index (χ1) is 11.8. The molecular formula is C17H19N5O2. The number of anilines is 1. The third kappa shape index (κ3) is 3.03. The summed E-state index contributed by atoms with van der Waals surface area (Å²) in [4.78, 5) is 19.6. The summed E-state index contributed by atoms with van der Waals surface area (Å²) in [6.45, 7) is 0.748. The smallest absolute Gasteiger partial charge is 0.248 e. The van der Waals surface area contributed by atoms with Crippen molar-refractivity contribution in [2.24, 2.45) is 0 Å². The Morgan fingerprint density at radius 2 is 2.29 bits per heavy atom. The fourth-order valence-electron chi connectivity index (χ4n) is 3.04. The molecule has 0 radical (unpaired) electrons. The van der Waals surface area contributed by atoms with Crippen LogP contribution in [0.3, 0.4) is 0 Å². The number of rotatable bonds is 5. The van der Waals surface area contributed by atoms with Crippen molar-refractivity contribution in [2.45, 2.75) is 31.8 Å². The third-order valence-corrected chi connectivity index (χ3v) is 4.28. The predicted octanol–water partition coefficient (Wildman–Crippen LogP) is 2.71. The quantitative estimate of drug-likeness (QED) is 0.672. The van der Waals surface area contributed by atoms with Gasteiger partial charge < -0.3 is 9.72 Å². The van der Waals surface area contributed by atoms with Gasteiger partial charge in [-0.25, -0.2) is 0 Å². The van der Waals surface area contributed by atoms with Crippen LogP contribution in [0.1, 0.15) is 36.8 Å². The van der Waals surface area contributed by atoms with Gasteiger partial charge in [0.25, 0.3) is 0 Å². The molecule has 7 heteroatoms. The van der Waals surface area contributed by atoms with Gasteiger partial charge in [-0.3, -0.25) is 15.2 Å². The molecule has 3 aromatic rings. The molecule has 4 rings (SSSR count). The highest BCUT2D eigenvalue weighted by Crippen LogP contribution is 2.26. The number of nitrogens with zero attached hydrogens (tertiary/aromatic N) is 2. The van der Waals surface area contributed by atoms with E-state index in [1.807, 2.05) is 24.4 Å². The van der Waals surface area contributed by atoms with Crippen LogP contribution in [0.2, 0.25) is 0 Å². The maximum absolute atomic E-state index is 12.1. The third-order valence-electron chi connectivity index (χ3n) is 4.28. The fourth-order valence-corrected chi connectivity index (χ4v) is 3.04. The summed E-state index contributed by atoms with van der Waals surface area (Å²) < 4.78 is 5.54. The molecule has 1 amide bonds. The number of H-pyrrole nitrogens is 2. The van der Waals surface area contributed by atoms with Crippen LogP contribution in [0.5, 0.6) is 0 Å². The number of aryl methyl sites for hydroxylation is 1. The van der Waals surface area contributed by atoms with E-state index in [9.17, 15) is 4.79 Å². The Morgan fingerprint density at radius 3 is 3.17 bits per heavy atom. The number of aromatic amines is 2. The number of benzene rings is 1. The molecule has 124 valence electrons. The van der Waals surface area contributed by atoms with Crippen molar-refractivity contribution in [1.82, 2.24) is 20.2 Å². The van der Waals surface area contributed by atoms with E-state index in [0.29, 0.717) is 24.6 Å². The summed E-state index contributed by atoms with van der Waals surface area (Å²) in [5, 5.41) is 10.8. The van der Waals surface area contributed by atoms with Gasteiger partial charge in [0.1, 0.15) is 6.10 Å². The highest BCUT2D eigenvalue weighted by atomic mass is 16.5. The molecular weight excluding hydrogens is 306 g/mol. The topological polar surface area (TPSA) is 95.7 Å². The average molecular weight is 325 g/mol. The molecule has 2 aromatic heterocycles. The lowest BCUT2D eigenvalue weighted by Crippen LogP contribution is -2.13. The number of hydrogen-bond acceptors (Lipinski definition) is 4. The normalized spacial score (nSPS) is 17.4. The van der Waals surface area contributed by atoms with Crippen molar-refractivity contribution in [3.63, 3.8) is 0 Å². The summed E-state index contributed by atoms with van der Waals surface area (Å²) in [6.07, 6.45) is 4.93. The standard InChI is InChI=1S/C17H19N5O2/c23-15(8-7-11-10-18-13-5-2-1-4-12(11)13)19-17-20-16(21-22-17)14-6-3-9-24-14/h1-2,4-5,10,14,18H,3,6-9H2,(H2,19,20,21,22,23). The van der Waals surface area contributed by atoms with E-state index in [1.165, 1.54) is 0 Å². The monoisotopic (exact) mass is 325 g/mol. The zero-order valence-corrected chi connectivity index (χ0v) is 13.2. The Bertz CT molecular complexity index is 847. The van der Waals surface area contributed by atoms with Gasteiger partial charge in [0, 0.05) is 30.1 Å². The van der Waals surface area contributed by atoms with Crippen LogP contribution < -0.4 is 5.32 Å². The molecule has 0 aliphatic carbocycles. The van der Waals surface area contributed by atoms with Crippen molar-refractivity contribution in [3.05, 3.63) is 41.9 Å². The van der Waals surface area contributed by atoms with Crippen LogP contribution in [0, 0.1) is 0 Å². The second-order valence-corrected chi connectivity index (χ2v) is 5.95. The average Bonchev–Trinajstić information content (AvgIpc) is 3.33. The van der Waals surface area contributed by atoms with Crippen LogP contribution in [0.15, 0.2) is 30.5 Å². The van der Waals surface area contributed by atoms with Crippen LogP contribution in [-0.2, 0) is 16.0 Å². The molecule has 24 heavy (non-hydrogen) atoms. The Balaban J connectivity index is 1.35. The number of carbonyl (C=O) groups is 1. The zero-order valence-electron chi connectivity index (χ0n) is 13.2. The van der Waals surface area contributed by atoms with Gasteiger partial charge in [-0.2, -0.15) is 4.98 Å². The molecule has 1 fully saturated rings. The Kier molecular flexibility index (Phi) is 4.00. The maximum Gasteiger partial charge on any atom is 0.248 e. The van der Waals surface area contributed by atoms with Gasteiger partial charge in [-0.15, -0.1) is 5.10 Å². The second kappa shape index (κ2) is 6.45. The summed E-state index contributed by atoms with van der Waals surface area (Å²) in [6, 6.07) is 8.08. The highest BCUT2D eigenvalue weighted by Gasteiger charge is 2.21. The number of carbonyl (C=O) groups excluding carboxylic acids is 1. The summed E-state index contributed by atoms with van der Waals surface area (Å²) in [7, 11) is 0. The number of hydrogen-bond donors (Lipinski definition) is 3. The number of nitrogens with one attached hydrogen (secondary N) is 3. The predicted molar refractivity (Wildman–Crippen MR) is 89.6 cm³/mol. The zero-order chi connectivity index (χ0) is 16.4. The maximum atomic E-state index is 12.1. The van der Waals surface area contributed by atoms with Gasteiger partial charge in [-0.1, -0.05) is 18.2 Å². The van der Waals surface area contributed by atoms with Gasteiger partial charge >= 0.3 is 0 Å². The van der Waals surface area contributed by atoms with E-state index < -0.39 is 0 Å². The largest absolute Gasteiger partial charge is 0.370 e. The first kappa shape index (κ1) is 14.9. The van der Waals surface area contributed by atoms with Gasteiger partial charge in [-0.05, 0) is 30.9 Å². The molecule has 1 saturated heterocycles. The van der Waals surface area contributed by atoms with Gasteiger partial charge in [0.15, 0.2) is 5.82 Å². The van der Waals surface area contributed by atoms with Crippen molar-refractivity contribution in [2.75, 3.05) is 11.9 Å². The molecule has 0 saturated carbocycles. The molecule has 1 unspecified atom stereocenters. The molecule has 1 aromatic carbocycles. The molecule has 1 aliphatic heterocycles. The number of ether oxygens (including phenoxy) is 1. The molecule has 0 spiro atoms. The lowest BCUT2D eigenvalue weighted by molar-refractivity contribution is -0.116. The van der Waals surface area contributed by atoms with Crippen LogP contribution in [0.4, 0.5) is 5.95 Å². The molecule has 1 atom stereocenters. The number of aromatic nitrogens is 4.